The Morgan fingerprint density at radius 2 is 1.95 bits per heavy atom. The minimum absolute atomic E-state index is 0.0307. The summed E-state index contributed by atoms with van der Waals surface area (Å²) in [5.74, 6) is -0.801. The van der Waals surface area contributed by atoms with Gasteiger partial charge in [0.25, 0.3) is 0 Å². The van der Waals surface area contributed by atoms with Gasteiger partial charge in [-0.25, -0.2) is 8.78 Å². The minimum Gasteiger partial charge on any atom is -0.454 e. The Hall–Kier alpha value is -2.82. The number of nitrogens with two attached hydrogens (primary N) is 1. The molecule has 0 unspecified atom stereocenters. The second-order valence-corrected chi connectivity index (χ2v) is 4.53. The largest absolute Gasteiger partial charge is 0.454 e. The Labute approximate surface area is 119 Å². The Balaban J connectivity index is 2.12. The van der Waals surface area contributed by atoms with E-state index in [9.17, 15) is 8.78 Å². The zero-order valence-electron chi connectivity index (χ0n) is 11.0. The third kappa shape index (κ3) is 2.23. The maximum atomic E-state index is 14.2. The van der Waals surface area contributed by atoms with Crippen molar-refractivity contribution in [2.75, 3.05) is 5.73 Å². The van der Waals surface area contributed by atoms with Crippen LogP contribution in [0.4, 0.5) is 14.5 Å². The number of benzene rings is 2. The van der Waals surface area contributed by atoms with Crippen LogP contribution in [0.2, 0.25) is 0 Å². The lowest BCUT2D eigenvalue weighted by Crippen LogP contribution is -1.95. The summed E-state index contributed by atoms with van der Waals surface area (Å²) in [5, 5.41) is 0.788. The summed E-state index contributed by atoms with van der Waals surface area (Å²) in [6.45, 7) is 3.69. The van der Waals surface area contributed by atoms with E-state index in [4.69, 9.17) is 10.5 Å². The normalized spacial score (nSPS) is 10.8. The quantitative estimate of drug-likeness (QED) is 0.698. The first-order valence-electron chi connectivity index (χ1n) is 6.25. The van der Waals surface area contributed by atoms with E-state index in [1.807, 2.05) is 0 Å². The Morgan fingerprint density at radius 1 is 1.14 bits per heavy atom. The van der Waals surface area contributed by atoms with Crippen LogP contribution in [0, 0.1) is 11.6 Å². The molecular weight excluding hydrogens is 274 g/mol. The van der Waals surface area contributed by atoms with Crippen LogP contribution >= 0.6 is 0 Å². The number of H-pyrrole nitrogens is 1. The molecule has 3 aromatic rings. The molecule has 0 radical (unpaired) electrons. The molecule has 106 valence electrons. The van der Waals surface area contributed by atoms with E-state index in [2.05, 4.69) is 11.6 Å². The van der Waals surface area contributed by atoms with E-state index in [0.29, 0.717) is 11.1 Å². The number of aromatic nitrogens is 1. The molecule has 0 spiro atoms. The molecule has 0 saturated heterocycles. The van der Waals surface area contributed by atoms with Crippen LogP contribution < -0.4 is 10.5 Å². The van der Waals surface area contributed by atoms with Crippen LogP contribution in [0.25, 0.3) is 17.0 Å². The first-order valence-corrected chi connectivity index (χ1v) is 6.25. The van der Waals surface area contributed by atoms with Crippen molar-refractivity contribution in [3.05, 3.63) is 60.3 Å². The number of fused-ring (bicyclic) bond motifs is 1. The number of hydrogen-bond acceptors (Lipinski definition) is 2. The maximum Gasteiger partial charge on any atom is 0.170 e. The van der Waals surface area contributed by atoms with E-state index < -0.39 is 11.6 Å². The first kappa shape index (κ1) is 13.2. The molecule has 1 aromatic heterocycles. The first-order chi connectivity index (χ1) is 10.1. The molecular formula is C16H12F2N2O. The van der Waals surface area contributed by atoms with E-state index in [0.717, 1.165) is 5.39 Å². The average molecular weight is 286 g/mol. The molecule has 0 atom stereocenters. The van der Waals surface area contributed by atoms with Gasteiger partial charge < -0.3 is 15.5 Å². The van der Waals surface area contributed by atoms with Crippen molar-refractivity contribution in [1.29, 1.82) is 0 Å². The number of rotatable bonds is 3. The third-order valence-electron chi connectivity index (χ3n) is 3.19. The molecule has 3 nitrogen and oxygen atoms in total. The van der Waals surface area contributed by atoms with Gasteiger partial charge in [0.15, 0.2) is 11.6 Å². The molecule has 1 heterocycles. The van der Waals surface area contributed by atoms with E-state index in [1.165, 1.54) is 30.3 Å². The van der Waals surface area contributed by atoms with Crippen molar-refractivity contribution in [3.63, 3.8) is 0 Å². The van der Waals surface area contributed by atoms with Crippen molar-refractivity contribution in [3.8, 4) is 11.5 Å². The van der Waals surface area contributed by atoms with Crippen LogP contribution in [0.1, 0.15) is 5.56 Å². The van der Waals surface area contributed by atoms with Gasteiger partial charge in [-0.2, -0.15) is 0 Å². The highest BCUT2D eigenvalue weighted by Crippen LogP contribution is 2.35. The number of ether oxygens (including phenoxy) is 1. The van der Waals surface area contributed by atoms with Crippen molar-refractivity contribution in [2.45, 2.75) is 0 Å². The molecule has 0 aliphatic rings. The lowest BCUT2D eigenvalue weighted by Gasteiger charge is -2.12. The Morgan fingerprint density at radius 3 is 2.67 bits per heavy atom. The average Bonchev–Trinajstić information content (AvgIpc) is 2.91. The molecule has 2 aromatic carbocycles. The lowest BCUT2D eigenvalue weighted by molar-refractivity contribution is 0.441. The molecule has 5 heteroatoms. The SMILES string of the molecule is C=Cc1c(Oc2ccc(F)c(N)c2)c(F)cc2[nH]ccc12. The summed E-state index contributed by atoms with van der Waals surface area (Å²) in [5.41, 5.74) is 6.59. The second kappa shape index (κ2) is 4.94. The van der Waals surface area contributed by atoms with Crippen LogP contribution in [0.5, 0.6) is 11.5 Å². The summed E-state index contributed by atoms with van der Waals surface area (Å²) < 4.78 is 32.9. The summed E-state index contributed by atoms with van der Waals surface area (Å²) in [4.78, 5) is 2.93. The van der Waals surface area contributed by atoms with Crippen molar-refractivity contribution in [2.24, 2.45) is 0 Å². The fourth-order valence-corrected chi connectivity index (χ4v) is 2.19. The van der Waals surface area contributed by atoms with Gasteiger partial charge in [-0.1, -0.05) is 12.7 Å². The highest BCUT2D eigenvalue weighted by molar-refractivity contribution is 5.91. The van der Waals surface area contributed by atoms with Crippen LogP contribution in [-0.2, 0) is 0 Å². The lowest BCUT2D eigenvalue weighted by atomic mass is 10.1. The smallest absolute Gasteiger partial charge is 0.170 e. The zero-order valence-corrected chi connectivity index (χ0v) is 11.0. The van der Waals surface area contributed by atoms with Gasteiger partial charge in [0, 0.05) is 34.8 Å². The summed E-state index contributed by atoms with van der Waals surface area (Å²) in [6.07, 6.45) is 3.22. The van der Waals surface area contributed by atoms with Crippen LogP contribution in [0.15, 0.2) is 43.1 Å². The summed E-state index contributed by atoms with van der Waals surface area (Å²) >= 11 is 0. The van der Waals surface area contributed by atoms with Gasteiger partial charge in [0.2, 0.25) is 0 Å². The van der Waals surface area contributed by atoms with Gasteiger partial charge in [-0.15, -0.1) is 0 Å². The minimum atomic E-state index is -0.548. The van der Waals surface area contributed by atoms with Crippen molar-refractivity contribution >= 4 is 22.7 Å². The van der Waals surface area contributed by atoms with Gasteiger partial charge in [-0.3, -0.25) is 0 Å². The van der Waals surface area contributed by atoms with Crippen molar-refractivity contribution < 1.29 is 13.5 Å². The van der Waals surface area contributed by atoms with E-state index in [1.54, 1.807) is 12.3 Å². The number of nitrogens with one attached hydrogen (secondary N) is 1. The van der Waals surface area contributed by atoms with E-state index >= 15 is 0 Å². The molecule has 0 aliphatic carbocycles. The second-order valence-electron chi connectivity index (χ2n) is 4.53. The van der Waals surface area contributed by atoms with Crippen LogP contribution in [-0.4, -0.2) is 4.98 Å². The van der Waals surface area contributed by atoms with Crippen LogP contribution in [0.3, 0.4) is 0 Å². The highest BCUT2D eigenvalue weighted by atomic mass is 19.1. The van der Waals surface area contributed by atoms with Gasteiger partial charge in [0.1, 0.15) is 11.6 Å². The summed E-state index contributed by atoms with van der Waals surface area (Å²) in [6, 6.07) is 7.01. The predicted molar refractivity (Wildman–Crippen MR) is 79.2 cm³/mol. The molecule has 3 rings (SSSR count). The molecule has 3 N–H and O–H groups in total. The topological polar surface area (TPSA) is 51.0 Å². The summed E-state index contributed by atoms with van der Waals surface area (Å²) in [7, 11) is 0. The van der Waals surface area contributed by atoms with Gasteiger partial charge in [0.05, 0.1) is 5.69 Å². The zero-order chi connectivity index (χ0) is 15.0. The molecule has 0 aliphatic heterocycles. The Bertz CT molecular complexity index is 840. The van der Waals surface area contributed by atoms with Gasteiger partial charge >= 0.3 is 0 Å². The molecule has 0 amide bonds. The number of anilines is 1. The van der Waals surface area contributed by atoms with E-state index in [-0.39, 0.29) is 17.2 Å². The molecule has 0 saturated carbocycles. The standard InChI is InChI=1S/C16H12F2N2O/c1-2-10-11-5-6-20-15(11)8-13(18)16(10)21-9-3-4-12(17)14(19)7-9/h2-8,20H,1,19H2. The highest BCUT2D eigenvalue weighted by Gasteiger charge is 2.15. The fourth-order valence-electron chi connectivity index (χ4n) is 2.19. The van der Waals surface area contributed by atoms with Gasteiger partial charge in [-0.05, 0) is 18.2 Å². The molecule has 0 bridgehead atoms. The number of hydrogen-bond donors (Lipinski definition) is 2. The van der Waals surface area contributed by atoms with Crippen molar-refractivity contribution in [1.82, 2.24) is 4.98 Å². The molecule has 0 fully saturated rings. The fraction of sp³-hybridized carbons (Fsp3) is 0. The number of aromatic amines is 1. The maximum absolute atomic E-state index is 14.2. The third-order valence-corrected chi connectivity index (χ3v) is 3.19. The monoisotopic (exact) mass is 286 g/mol. The number of nitrogen functional groups attached to an aromatic ring is 1. The molecule has 21 heavy (non-hydrogen) atoms. The Kier molecular flexibility index (Phi) is 3.10. The predicted octanol–water partition coefficient (Wildman–Crippen LogP) is 4.46. The number of halogens is 2.